The highest BCUT2D eigenvalue weighted by atomic mass is 16.3. The predicted molar refractivity (Wildman–Crippen MR) is 63.3 cm³/mol. The summed E-state index contributed by atoms with van der Waals surface area (Å²) in [5.74, 6) is 0.427. The minimum Gasteiger partial charge on any atom is -0.472 e. The molecular formula is C13H18N2O2. The molecule has 92 valence electrons. The molecule has 3 rings (SSSR count). The van der Waals surface area contributed by atoms with Gasteiger partial charge in [0.2, 0.25) is 5.91 Å². The Bertz CT molecular complexity index is 388. The summed E-state index contributed by atoms with van der Waals surface area (Å²) in [5, 5.41) is 3.15. The highest BCUT2D eigenvalue weighted by molar-refractivity contribution is 5.79. The second kappa shape index (κ2) is 4.53. The van der Waals surface area contributed by atoms with Crippen molar-refractivity contribution < 1.29 is 9.21 Å². The number of amides is 1. The van der Waals surface area contributed by atoms with Gasteiger partial charge in [-0.15, -0.1) is 0 Å². The molecule has 17 heavy (non-hydrogen) atoms. The number of carbonyl (C=O) groups excluding carboxylic acids is 1. The van der Waals surface area contributed by atoms with Crippen LogP contribution in [-0.2, 0) is 11.3 Å². The van der Waals surface area contributed by atoms with Crippen LogP contribution < -0.4 is 5.32 Å². The maximum atomic E-state index is 11.9. The molecule has 0 radical (unpaired) electrons. The number of hydrogen-bond donors (Lipinski definition) is 1. The van der Waals surface area contributed by atoms with Gasteiger partial charge >= 0.3 is 0 Å². The van der Waals surface area contributed by atoms with Crippen molar-refractivity contribution >= 4 is 5.91 Å². The summed E-state index contributed by atoms with van der Waals surface area (Å²) in [5.41, 5.74) is 1.19. The normalized spacial score (nSPS) is 29.8. The van der Waals surface area contributed by atoms with E-state index < -0.39 is 0 Å². The first-order valence-corrected chi connectivity index (χ1v) is 6.35. The summed E-state index contributed by atoms with van der Waals surface area (Å²) in [6, 6.07) is 2.33. The minimum absolute atomic E-state index is 0.175. The van der Waals surface area contributed by atoms with Crippen molar-refractivity contribution in [2.75, 3.05) is 13.1 Å². The summed E-state index contributed by atoms with van der Waals surface area (Å²) in [4.78, 5) is 14.3. The number of carbonyl (C=O) groups is 1. The highest BCUT2D eigenvalue weighted by Crippen LogP contribution is 2.22. The SMILES string of the molecule is O=C1N[C@H]2CCC[C@@H]1CN(Cc1ccoc1)C2. The molecule has 1 aromatic rings. The van der Waals surface area contributed by atoms with Crippen molar-refractivity contribution in [1.29, 1.82) is 0 Å². The Morgan fingerprint density at radius 2 is 2.35 bits per heavy atom. The molecule has 0 saturated carbocycles. The van der Waals surface area contributed by atoms with Gasteiger partial charge in [-0.3, -0.25) is 9.69 Å². The molecule has 4 heteroatoms. The standard InChI is InChI=1S/C13H18N2O2/c16-13-11-2-1-3-12(14-13)8-15(7-11)6-10-4-5-17-9-10/h4-5,9,11-12H,1-3,6-8H2,(H,14,16)/t11-,12+/m1/s1. The highest BCUT2D eigenvalue weighted by Gasteiger charge is 2.32. The van der Waals surface area contributed by atoms with Crippen LogP contribution in [0.3, 0.4) is 0 Å². The average Bonchev–Trinajstić information content (AvgIpc) is 2.65. The van der Waals surface area contributed by atoms with Crippen LogP contribution in [0.15, 0.2) is 23.0 Å². The van der Waals surface area contributed by atoms with Gasteiger partial charge in [0.05, 0.1) is 18.4 Å². The van der Waals surface area contributed by atoms with Crippen molar-refractivity contribution in [1.82, 2.24) is 10.2 Å². The summed E-state index contributed by atoms with van der Waals surface area (Å²) in [6.07, 6.45) is 6.81. The minimum atomic E-state index is 0.175. The van der Waals surface area contributed by atoms with E-state index in [2.05, 4.69) is 10.2 Å². The van der Waals surface area contributed by atoms with Crippen molar-refractivity contribution in [3.05, 3.63) is 24.2 Å². The summed E-state index contributed by atoms with van der Waals surface area (Å²) >= 11 is 0. The molecule has 4 nitrogen and oxygen atoms in total. The molecule has 2 aliphatic rings. The van der Waals surface area contributed by atoms with Gasteiger partial charge in [-0.25, -0.2) is 0 Å². The van der Waals surface area contributed by atoms with Crippen LogP contribution in [0.5, 0.6) is 0 Å². The molecule has 0 spiro atoms. The zero-order valence-electron chi connectivity index (χ0n) is 9.89. The Balaban J connectivity index is 1.72. The second-order valence-corrected chi connectivity index (χ2v) is 5.16. The smallest absolute Gasteiger partial charge is 0.224 e. The van der Waals surface area contributed by atoms with Crippen molar-refractivity contribution in [3.63, 3.8) is 0 Å². The first-order chi connectivity index (χ1) is 8.31. The molecule has 2 aliphatic heterocycles. The Kier molecular flexibility index (Phi) is 2.89. The molecule has 1 N–H and O–H groups in total. The lowest BCUT2D eigenvalue weighted by atomic mass is 9.99. The van der Waals surface area contributed by atoms with E-state index in [1.807, 2.05) is 6.07 Å². The molecule has 0 unspecified atom stereocenters. The van der Waals surface area contributed by atoms with Crippen LogP contribution in [0.25, 0.3) is 0 Å². The first-order valence-electron chi connectivity index (χ1n) is 6.35. The number of nitrogens with one attached hydrogen (secondary N) is 1. The third kappa shape index (κ3) is 2.36. The van der Waals surface area contributed by atoms with Crippen LogP contribution in [0, 0.1) is 5.92 Å². The third-order valence-electron chi connectivity index (χ3n) is 3.77. The van der Waals surface area contributed by atoms with Gasteiger partial charge in [-0.2, -0.15) is 0 Å². The van der Waals surface area contributed by atoms with Crippen molar-refractivity contribution in [2.45, 2.75) is 31.8 Å². The van der Waals surface area contributed by atoms with Crippen molar-refractivity contribution in [3.8, 4) is 0 Å². The molecule has 2 fully saturated rings. The van der Waals surface area contributed by atoms with Crippen molar-refractivity contribution in [2.24, 2.45) is 5.92 Å². The zero-order valence-corrected chi connectivity index (χ0v) is 9.89. The molecule has 2 atom stereocenters. The number of hydrogen-bond acceptors (Lipinski definition) is 3. The number of fused-ring (bicyclic) bond motifs is 3. The molecule has 0 aliphatic carbocycles. The lowest BCUT2D eigenvalue weighted by Crippen LogP contribution is -2.38. The van der Waals surface area contributed by atoms with Gasteiger partial charge in [0.25, 0.3) is 0 Å². The van der Waals surface area contributed by atoms with Crippen LogP contribution >= 0.6 is 0 Å². The number of likely N-dealkylation sites (tertiary alicyclic amines) is 1. The monoisotopic (exact) mass is 234 g/mol. The molecule has 2 bridgehead atoms. The number of rotatable bonds is 2. The van der Waals surface area contributed by atoms with Gasteiger partial charge in [0, 0.05) is 31.2 Å². The Hall–Kier alpha value is -1.29. The van der Waals surface area contributed by atoms with Gasteiger partial charge in [0.1, 0.15) is 0 Å². The van der Waals surface area contributed by atoms with E-state index in [0.29, 0.717) is 6.04 Å². The quantitative estimate of drug-likeness (QED) is 0.841. The second-order valence-electron chi connectivity index (χ2n) is 5.16. The topological polar surface area (TPSA) is 45.5 Å². The van der Waals surface area contributed by atoms with E-state index >= 15 is 0 Å². The fourth-order valence-electron chi connectivity index (χ4n) is 2.91. The third-order valence-corrected chi connectivity index (χ3v) is 3.77. The van der Waals surface area contributed by atoms with Crippen LogP contribution in [0.1, 0.15) is 24.8 Å². The fourth-order valence-corrected chi connectivity index (χ4v) is 2.91. The van der Waals surface area contributed by atoms with E-state index in [4.69, 9.17) is 4.42 Å². The number of nitrogens with zero attached hydrogens (tertiary/aromatic N) is 1. The van der Waals surface area contributed by atoms with Gasteiger partial charge in [0.15, 0.2) is 0 Å². The van der Waals surface area contributed by atoms with E-state index in [9.17, 15) is 4.79 Å². The largest absolute Gasteiger partial charge is 0.472 e. The zero-order chi connectivity index (χ0) is 11.7. The molecule has 1 amide bonds. The summed E-state index contributed by atoms with van der Waals surface area (Å²) in [6.45, 7) is 2.74. The maximum Gasteiger partial charge on any atom is 0.224 e. The maximum absolute atomic E-state index is 11.9. The molecule has 2 saturated heterocycles. The first kappa shape index (κ1) is 10.8. The van der Waals surface area contributed by atoms with Gasteiger partial charge in [-0.05, 0) is 18.9 Å². The Labute approximate surface area is 101 Å². The van der Waals surface area contributed by atoms with E-state index in [0.717, 1.165) is 32.5 Å². The lowest BCUT2D eigenvalue weighted by molar-refractivity contribution is -0.124. The summed E-state index contributed by atoms with van der Waals surface area (Å²) < 4.78 is 5.09. The van der Waals surface area contributed by atoms with Gasteiger partial charge in [-0.1, -0.05) is 6.42 Å². The predicted octanol–water partition coefficient (Wildman–Crippen LogP) is 1.38. The van der Waals surface area contributed by atoms with E-state index in [1.165, 1.54) is 12.0 Å². The van der Waals surface area contributed by atoms with Crippen LogP contribution in [-0.4, -0.2) is 29.9 Å². The van der Waals surface area contributed by atoms with E-state index in [-0.39, 0.29) is 11.8 Å². The number of furan rings is 1. The average molecular weight is 234 g/mol. The molecular weight excluding hydrogens is 216 g/mol. The molecule has 0 aromatic carbocycles. The molecule has 1 aromatic heterocycles. The van der Waals surface area contributed by atoms with Crippen LogP contribution in [0.4, 0.5) is 0 Å². The van der Waals surface area contributed by atoms with E-state index in [1.54, 1.807) is 12.5 Å². The molecule has 3 heterocycles. The summed E-state index contributed by atoms with van der Waals surface area (Å²) in [7, 11) is 0. The Morgan fingerprint density at radius 1 is 1.41 bits per heavy atom. The van der Waals surface area contributed by atoms with Gasteiger partial charge < -0.3 is 9.73 Å². The van der Waals surface area contributed by atoms with Crippen LogP contribution in [0.2, 0.25) is 0 Å². The Morgan fingerprint density at radius 3 is 3.18 bits per heavy atom. The lowest BCUT2D eigenvalue weighted by Gasteiger charge is -2.26. The fraction of sp³-hybridized carbons (Fsp3) is 0.615.